The van der Waals surface area contributed by atoms with Crippen molar-refractivity contribution in [3.05, 3.63) is 18.2 Å². The van der Waals surface area contributed by atoms with Gasteiger partial charge in [0.05, 0.1) is 25.4 Å². The van der Waals surface area contributed by atoms with Gasteiger partial charge in [-0.05, 0) is 49.3 Å². The van der Waals surface area contributed by atoms with Gasteiger partial charge < -0.3 is 24.1 Å². The molecule has 2 aromatic heterocycles. The van der Waals surface area contributed by atoms with Crippen molar-refractivity contribution in [2.75, 3.05) is 18.9 Å². The molecule has 3 rings (SSSR count). The number of anilines is 1. The molecule has 1 saturated heterocycles. The first-order valence-electron chi connectivity index (χ1n) is 13.7. The zero-order valence-corrected chi connectivity index (χ0v) is 27.5. The number of nitrogen functional groups attached to an aromatic ring is 1. The maximum atomic E-state index is 12.1. The van der Waals surface area contributed by atoms with Crippen LogP contribution in [0.1, 0.15) is 66.9 Å². The molecule has 0 spiro atoms. The van der Waals surface area contributed by atoms with Gasteiger partial charge >= 0.3 is 5.97 Å². The van der Waals surface area contributed by atoms with Gasteiger partial charge in [0.1, 0.15) is 12.2 Å². The molecule has 2 N–H and O–H groups in total. The molecule has 39 heavy (non-hydrogen) atoms. The van der Waals surface area contributed by atoms with Crippen LogP contribution in [0.2, 0.25) is 36.3 Å². The molecule has 218 valence electrons. The molecule has 1 aliphatic heterocycles. The van der Waals surface area contributed by atoms with Crippen LogP contribution in [0, 0.1) is 0 Å². The van der Waals surface area contributed by atoms with Crippen LogP contribution in [-0.2, 0) is 23.1 Å². The molecule has 0 aromatic carbocycles. The van der Waals surface area contributed by atoms with Crippen molar-refractivity contribution in [1.29, 1.82) is 0 Å². The molecule has 0 unspecified atom stereocenters. The normalized spacial score (nSPS) is 21.3. The summed E-state index contributed by atoms with van der Waals surface area (Å²) in [7, 11) is -4.17. The number of hydrogen-bond acceptors (Lipinski definition) is 9. The molecular formula is C27H47N5O5Si2. The van der Waals surface area contributed by atoms with Crippen molar-refractivity contribution in [1.82, 2.24) is 19.5 Å². The highest BCUT2D eigenvalue weighted by Gasteiger charge is 2.47. The standard InChI is InChI=1S/C27H47N5O5Si2/c1-12-34-21(33)14-13-20-31-22-23(28)29-17-30-24(22)32(20)25-19(37-39(10,11)27(5,6)7)15-18(36-25)16-35-38(8,9)26(2,3)4/h13-14,17-19,25H,12,15-16H2,1-11H3,(H2,28,29,30)/b14-13+/t18-,19+,25+/m0/s1. The minimum Gasteiger partial charge on any atom is -0.463 e. The Morgan fingerprint density at radius 1 is 1.13 bits per heavy atom. The number of hydrogen-bond donors (Lipinski definition) is 1. The van der Waals surface area contributed by atoms with Crippen molar-refractivity contribution in [2.24, 2.45) is 0 Å². The Kier molecular flexibility index (Phi) is 9.18. The minimum atomic E-state index is -2.18. The fraction of sp³-hybridized carbons (Fsp3) is 0.704. The van der Waals surface area contributed by atoms with E-state index in [-0.39, 0.29) is 34.7 Å². The molecule has 0 saturated carbocycles. The third kappa shape index (κ3) is 6.97. The molecule has 1 fully saturated rings. The molecule has 0 amide bonds. The van der Waals surface area contributed by atoms with Crippen LogP contribution >= 0.6 is 0 Å². The van der Waals surface area contributed by atoms with E-state index in [0.717, 1.165) is 0 Å². The summed E-state index contributed by atoms with van der Waals surface area (Å²) in [4.78, 5) is 25.4. The second-order valence-electron chi connectivity index (χ2n) is 13.2. The Balaban J connectivity index is 2.06. The number of imidazole rings is 1. The van der Waals surface area contributed by atoms with E-state index in [1.807, 2.05) is 4.57 Å². The van der Waals surface area contributed by atoms with E-state index >= 15 is 0 Å². The van der Waals surface area contributed by atoms with Crippen LogP contribution in [0.15, 0.2) is 12.4 Å². The molecule has 3 atom stereocenters. The zero-order valence-electron chi connectivity index (χ0n) is 25.5. The van der Waals surface area contributed by atoms with Gasteiger partial charge in [-0.3, -0.25) is 4.57 Å². The first-order valence-corrected chi connectivity index (χ1v) is 19.5. The summed E-state index contributed by atoms with van der Waals surface area (Å²) >= 11 is 0. The van der Waals surface area contributed by atoms with Crippen LogP contribution in [0.4, 0.5) is 5.82 Å². The van der Waals surface area contributed by atoms with Gasteiger partial charge in [-0.1, -0.05) is 41.5 Å². The third-order valence-electron chi connectivity index (χ3n) is 8.28. The molecule has 0 bridgehead atoms. The highest BCUT2D eigenvalue weighted by atomic mass is 28.4. The Morgan fingerprint density at radius 3 is 2.36 bits per heavy atom. The lowest BCUT2D eigenvalue weighted by atomic mass is 10.2. The van der Waals surface area contributed by atoms with Gasteiger partial charge in [0, 0.05) is 12.5 Å². The predicted octanol–water partition coefficient (Wildman–Crippen LogP) is 5.68. The van der Waals surface area contributed by atoms with Crippen molar-refractivity contribution in [2.45, 2.75) is 110 Å². The second-order valence-corrected chi connectivity index (χ2v) is 22.8. The van der Waals surface area contributed by atoms with Crippen LogP contribution in [0.25, 0.3) is 17.2 Å². The first-order chi connectivity index (χ1) is 17.9. The van der Waals surface area contributed by atoms with Gasteiger partial charge in [-0.15, -0.1) is 0 Å². The number of esters is 1. The second kappa shape index (κ2) is 11.4. The number of rotatable bonds is 9. The SMILES string of the molecule is CCOC(=O)/C=C/c1nc2c(N)ncnc2n1[C@@H]1O[C@H](CO[Si](C)(C)C(C)(C)C)C[C@H]1O[Si](C)(C)C(C)(C)C. The number of nitrogens with zero attached hydrogens (tertiary/aromatic N) is 4. The topological polar surface area (TPSA) is 124 Å². The lowest BCUT2D eigenvalue weighted by Gasteiger charge is -2.39. The summed E-state index contributed by atoms with van der Waals surface area (Å²) in [6.07, 6.45) is 4.01. The van der Waals surface area contributed by atoms with E-state index < -0.39 is 28.8 Å². The van der Waals surface area contributed by atoms with Crippen molar-refractivity contribution in [3.63, 3.8) is 0 Å². The molecular weight excluding hydrogens is 530 g/mol. The summed E-state index contributed by atoms with van der Waals surface area (Å²) in [6.45, 7) is 24.8. The quantitative estimate of drug-likeness (QED) is 0.227. The Bertz CT molecular complexity index is 1200. The van der Waals surface area contributed by atoms with Crippen LogP contribution in [-0.4, -0.2) is 67.5 Å². The first kappa shape index (κ1) is 31.4. The third-order valence-corrected chi connectivity index (χ3v) is 17.3. The summed E-state index contributed by atoms with van der Waals surface area (Å²) in [5, 5.41) is 0.0889. The molecule has 3 heterocycles. The maximum absolute atomic E-state index is 12.1. The van der Waals surface area contributed by atoms with E-state index in [1.165, 1.54) is 12.4 Å². The van der Waals surface area contributed by atoms with Gasteiger partial charge in [0.15, 0.2) is 39.8 Å². The van der Waals surface area contributed by atoms with E-state index in [2.05, 4.69) is 82.7 Å². The summed E-state index contributed by atoms with van der Waals surface area (Å²) < 4.78 is 27.2. The zero-order chi connectivity index (χ0) is 29.4. The number of aromatic nitrogens is 4. The molecule has 0 radical (unpaired) electrons. The average Bonchev–Trinajstić information content (AvgIpc) is 3.36. The van der Waals surface area contributed by atoms with Crippen LogP contribution in [0.5, 0.6) is 0 Å². The van der Waals surface area contributed by atoms with Crippen LogP contribution < -0.4 is 5.73 Å². The summed E-state index contributed by atoms with van der Waals surface area (Å²) in [5.74, 6) is 0.254. The van der Waals surface area contributed by atoms with E-state index in [1.54, 1.807) is 13.0 Å². The van der Waals surface area contributed by atoms with Crippen molar-refractivity contribution >= 4 is 45.7 Å². The van der Waals surface area contributed by atoms with E-state index in [0.29, 0.717) is 30.0 Å². The molecule has 1 aliphatic rings. The average molecular weight is 578 g/mol. The fourth-order valence-electron chi connectivity index (χ4n) is 3.87. The maximum Gasteiger partial charge on any atom is 0.330 e. The Labute approximate surface area is 234 Å². The van der Waals surface area contributed by atoms with E-state index in [4.69, 9.17) is 24.1 Å². The summed E-state index contributed by atoms with van der Waals surface area (Å²) in [6, 6.07) is 0. The number of ether oxygens (including phenoxy) is 2. The predicted molar refractivity (Wildman–Crippen MR) is 159 cm³/mol. The molecule has 12 heteroatoms. The Hall–Kier alpha value is -2.13. The van der Waals surface area contributed by atoms with Gasteiger partial charge in [-0.2, -0.15) is 0 Å². The fourth-order valence-corrected chi connectivity index (χ4v) is 6.23. The monoisotopic (exact) mass is 577 g/mol. The van der Waals surface area contributed by atoms with Crippen molar-refractivity contribution < 1.29 is 23.1 Å². The number of carbonyl (C=O) groups excluding carboxylic acids is 1. The molecule has 10 nitrogen and oxygen atoms in total. The van der Waals surface area contributed by atoms with E-state index in [9.17, 15) is 4.79 Å². The van der Waals surface area contributed by atoms with Gasteiger partial charge in [-0.25, -0.2) is 19.7 Å². The largest absolute Gasteiger partial charge is 0.463 e. The van der Waals surface area contributed by atoms with Crippen molar-refractivity contribution in [3.8, 4) is 0 Å². The number of fused-ring (bicyclic) bond motifs is 1. The lowest BCUT2D eigenvalue weighted by molar-refractivity contribution is -0.137. The summed E-state index contributed by atoms with van der Waals surface area (Å²) in [5.41, 5.74) is 7.14. The minimum absolute atomic E-state index is 0.00350. The molecule has 2 aromatic rings. The number of carbonyl (C=O) groups is 1. The highest BCUT2D eigenvalue weighted by Crippen LogP contribution is 2.43. The molecule has 0 aliphatic carbocycles. The lowest BCUT2D eigenvalue weighted by Crippen LogP contribution is -2.45. The Morgan fingerprint density at radius 2 is 1.77 bits per heavy atom. The van der Waals surface area contributed by atoms with Gasteiger partial charge in [0.25, 0.3) is 0 Å². The highest BCUT2D eigenvalue weighted by molar-refractivity contribution is 6.74. The number of nitrogens with two attached hydrogens (primary N) is 1. The smallest absolute Gasteiger partial charge is 0.330 e. The van der Waals surface area contributed by atoms with Gasteiger partial charge in [0.2, 0.25) is 0 Å². The van der Waals surface area contributed by atoms with Crippen LogP contribution in [0.3, 0.4) is 0 Å².